The molecule has 0 aromatic rings. The van der Waals surface area contributed by atoms with Gasteiger partial charge in [-0.05, 0) is 15.9 Å². The molecule has 0 aromatic heterocycles. The second kappa shape index (κ2) is 3.75. The van der Waals surface area contributed by atoms with Crippen LogP contribution in [0.25, 0.3) is 5.53 Å². The van der Waals surface area contributed by atoms with Crippen molar-refractivity contribution in [2.45, 2.75) is 6.42 Å². The maximum Gasteiger partial charge on any atom is 0.316 e. The van der Waals surface area contributed by atoms with Crippen molar-refractivity contribution in [3.8, 4) is 0 Å². The first-order valence-corrected chi connectivity index (χ1v) is 4.89. The fourth-order valence-electron chi connectivity index (χ4n) is 0.737. The summed E-state index contributed by atoms with van der Waals surface area (Å²) in [5.41, 5.74) is 8.82. The van der Waals surface area contributed by atoms with Crippen LogP contribution in [0, 0.1) is 0 Å². The molecule has 0 aromatic carbocycles. The van der Waals surface area contributed by atoms with E-state index in [1.807, 2.05) is 0 Å². The highest BCUT2D eigenvalue weighted by Crippen LogP contribution is 2.34. The Labute approximate surface area is 90.6 Å². The summed E-state index contributed by atoms with van der Waals surface area (Å²) in [6.45, 7) is 0. The number of rotatable bonds is 0. The number of hydrogen-bond donors (Lipinski definition) is 1. The van der Waals surface area contributed by atoms with Crippen molar-refractivity contribution in [2.75, 3.05) is 0 Å². The third-order valence-electron chi connectivity index (χ3n) is 1.35. The van der Waals surface area contributed by atoms with Gasteiger partial charge in [0.05, 0.1) is 10.9 Å². The Bertz CT molecular complexity index is 341. The van der Waals surface area contributed by atoms with Gasteiger partial charge < -0.3 is 10.6 Å². The Morgan fingerprint density at radius 3 is 2.58 bits per heavy atom. The normalized spacial score (nSPS) is 18.4. The molecule has 0 heterocycles. The summed E-state index contributed by atoms with van der Waals surface area (Å²) in [6.07, 6.45) is 0.288. The van der Waals surface area contributed by atoms with E-state index in [0.717, 1.165) is 0 Å². The molecule has 1 rings (SSSR count). The van der Waals surface area contributed by atoms with Gasteiger partial charge in [0, 0.05) is 4.48 Å². The van der Waals surface area contributed by atoms with E-state index in [4.69, 9.17) is 17.1 Å². The highest BCUT2D eigenvalue weighted by molar-refractivity contribution is 9.12. The average Bonchev–Trinajstić information content (AvgIpc) is 2.08. The first-order valence-electron chi connectivity index (χ1n) is 2.92. The van der Waals surface area contributed by atoms with Crippen molar-refractivity contribution in [3.63, 3.8) is 0 Å². The van der Waals surface area contributed by atoms with Gasteiger partial charge in [0.1, 0.15) is 10.8 Å². The van der Waals surface area contributed by atoms with Gasteiger partial charge in [-0.2, -0.15) is 4.79 Å². The molecule has 1 aliphatic rings. The lowest BCUT2D eigenvalue weighted by atomic mass is 10.1. The lowest BCUT2D eigenvalue weighted by molar-refractivity contribution is -0.00601. The smallest absolute Gasteiger partial charge is 0.316 e. The van der Waals surface area contributed by atoms with Gasteiger partial charge in [0.15, 0.2) is 0 Å². The van der Waals surface area contributed by atoms with E-state index in [0.29, 0.717) is 14.7 Å². The molecular formula is C6H3Br2ClN2O. The van der Waals surface area contributed by atoms with E-state index in [-0.39, 0.29) is 17.2 Å². The summed E-state index contributed by atoms with van der Waals surface area (Å²) >= 11 is 11.9. The third-order valence-corrected chi connectivity index (χ3v) is 3.42. The van der Waals surface area contributed by atoms with Gasteiger partial charge in [-0.25, -0.2) is 0 Å². The van der Waals surface area contributed by atoms with E-state index >= 15 is 0 Å². The zero-order chi connectivity index (χ0) is 9.30. The Morgan fingerprint density at radius 1 is 1.50 bits per heavy atom. The Kier molecular flexibility index (Phi) is 3.12. The Morgan fingerprint density at radius 2 is 2.08 bits per heavy atom. The largest absolute Gasteiger partial charge is 0.506 e. The molecule has 6 heteroatoms. The van der Waals surface area contributed by atoms with Crippen molar-refractivity contribution in [2.24, 2.45) is 0 Å². The van der Waals surface area contributed by atoms with Crippen molar-refractivity contribution < 1.29 is 9.90 Å². The zero-order valence-electron chi connectivity index (χ0n) is 5.68. The molecule has 0 bridgehead atoms. The Balaban J connectivity index is 3.29. The van der Waals surface area contributed by atoms with Crippen LogP contribution >= 0.6 is 43.5 Å². The SMILES string of the molecule is [N-]=[N+]=C1CC(Br)=C(O)C(Br)=C1Cl. The number of aliphatic hydroxyl groups excluding tert-OH is 1. The van der Waals surface area contributed by atoms with E-state index in [9.17, 15) is 5.11 Å². The molecule has 0 atom stereocenters. The molecule has 64 valence electrons. The van der Waals surface area contributed by atoms with E-state index in [1.54, 1.807) is 0 Å². The van der Waals surface area contributed by atoms with Crippen molar-refractivity contribution in [1.82, 2.24) is 0 Å². The summed E-state index contributed by atoms with van der Waals surface area (Å²) in [5, 5.41) is 9.56. The molecular weight excluding hydrogens is 311 g/mol. The fraction of sp³-hybridized carbons (Fsp3) is 0.167. The monoisotopic (exact) mass is 312 g/mol. The summed E-state index contributed by atoms with van der Waals surface area (Å²) in [5.74, 6) is 0.0346. The zero-order valence-corrected chi connectivity index (χ0v) is 9.61. The van der Waals surface area contributed by atoms with E-state index in [1.165, 1.54) is 0 Å². The minimum atomic E-state index is 0.0346. The molecule has 0 unspecified atom stereocenters. The number of allylic oxidation sites excluding steroid dienone is 3. The van der Waals surface area contributed by atoms with Crippen LogP contribution in [-0.2, 0) is 0 Å². The lowest BCUT2D eigenvalue weighted by Gasteiger charge is -2.08. The molecule has 0 radical (unpaired) electrons. The lowest BCUT2D eigenvalue weighted by Crippen LogP contribution is -2.08. The predicted octanol–water partition coefficient (Wildman–Crippen LogP) is 3.07. The topological polar surface area (TPSA) is 56.6 Å². The van der Waals surface area contributed by atoms with Crippen LogP contribution in [-0.4, -0.2) is 15.6 Å². The van der Waals surface area contributed by atoms with Crippen molar-refractivity contribution in [1.29, 1.82) is 0 Å². The number of hydrogen-bond acceptors (Lipinski definition) is 1. The van der Waals surface area contributed by atoms with Crippen molar-refractivity contribution >= 4 is 49.2 Å². The highest BCUT2D eigenvalue weighted by atomic mass is 79.9. The van der Waals surface area contributed by atoms with Crippen LogP contribution in [0.1, 0.15) is 6.42 Å². The second-order valence-corrected chi connectivity index (χ2v) is 4.23. The van der Waals surface area contributed by atoms with Crippen LogP contribution in [0.2, 0.25) is 0 Å². The van der Waals surface area contributed by atoms with Crippen LogP contribution in [0.15, 0.2) is 19.8 Å². The minimum Gasteiger partial charge on any atom is -0.506 e. The van der Waals surface area contributed by atoms with Crippen LogP contribution < -0.4 is 0 Å². The summed E-state index contributed by atoms with van der Waals surface area (Å²) in [6, 6.07) is 0. The van der Waals surface area contributed by atoms with Crippen LogP contribution in [0.4, 0.5) is 0 Å². The molecule has 3 nitrogen and oxygen atoms in total. The molecule has 0 fully saturated rings. The van der Waals surface area contributed by atoms with Crippen molar-refractivity contribution in [3.05, 3.63) is 25.3 Å². The third kappa shape index (κ3) is 1.64. The first-order chi connectivity index (χ1) is 5.57. The van der Waals surface area contributed by atoms with Gasteiger partial charge in [-0.3, -0.25) is 0 Å². The van der Waals surface area contributed by atoms with E-state index < -0.39 is 0 Å². The Hall–Kier alpha value is -0.0900. The minimum absolute atomic E-state index is 0.0346. The first kappa shape index (κ1) is 9.99. The maximum atomic E-state index is 9.34. The average molecular weight is 314 g/mol. The second-order valence-electron chi connectivity index (χ2n) is 2.10. The maximum absolute atomic E-state index is 9.34. The van der Waals surface area contributed by atoms with Crippen LogP contribution in [0.5, 0.6) is 0 Å². The number of aliphatic hydroxyl groups is 1. The molecule has 1 N–H and O–H groups in total. The highest BCUT2D eigenvalue weighted by Gasteiger charge is 2.27. The number of nitrogens with zero attached hydrogens (tertiary/aromatic N) is 2. The molecule has 0 spiro atoms. The molecule has 12 heavy (non-hydrogen) atoms. The number of halogens is 3. The van der Waals surface area contributed by atoms with Gasteiger partial charge in [0.25, 0.3) is 0 Å². The molecule has 0 saturated carbocycles. The summed E-state index contributed by atoms with van der Waals surface area (Å²) in [4.78, 5) is 2.99. The van der Waals surface area contributed by atoms with Gasteiger partial charge in [0.2, 0.25) is 0 Å². The molecule has 1 aliphatic carbocycles. The fourth-order valence-corrected chi connectivity index (χ4v) is 2.13. The summed E-state index contributed by atoms with van der Waals surface area (Å²) < 4.78 is 0.863. The quantitative estimate of drug-likeness (QED) is 0.542. The van der Waals surface area contributed by atoms with Gasteiger partial charge in [-0.15, -0.1) is 0 Å². The standard InChI is InChI=1S/C6H3Br2ClN2O/c7-2-1-3(11-10)5(9)4(8)6(2)12/h12H,1H2. The van der Waals surface area contributed by atoms with Gasteiger partial charge >= 0.3 is 5.71 Å². The molecule has 0 amide bonds. The van der Waals surface area contributed by atoms with E-state index in [2.05, 4.69) is 36.6 Å². The molecule has 0 saturated heterocycles. The van der Waals surface area contributed by atoms with Gasteiger partial charge in [-0.1, -0.05) is 27.5 Å². The summed E-state index contributed by atoms with van der Waals surface area (Å²) in [7, 11) is 0. The predicted molar refractivity (Wildman–Crippen MR) is 53.6 cm³/mol. The van der Waals surface area contributed by atoms with Crippen LogP contribution in [0.3, 0.4) is 0 Å². The molecule has 0 aliphatic heterocycles.